The fourth-order valence-electron chi connectivity index (χ4n) is 6.98. The van der Waals surface area contributed by atoms with Gasteiger partial charge in [-0.25, -0.2) is 0 Å². The van der Waals surface area contributed by atoms with E-state index in [-0.39, 0.29) is 56.1 Å². The van der Waals surface area contributed by atoms with Crippen LogP contribution in [-0.2, 0) is 32.3 Å². The maximum atomic E-state index is 13.2. The van der Waals surface area contributed by atoms with Gasteiger partial charge in [-0.1, -0.05) is 23.7 Å². The molecule has 1 saturated heterocycles. The summed E-state index contributed by atoms with van der Waals surface area (Å²) in [6, 6.07) is 6.36. The Morgan fingerprint density at radius 3 is 2.57 bits per heavy atom. The third-order valence-corrected chi connectivity index (χ3v) is 12.4. The SMILES string of the molecule is Cc1sc2c(c1C)C(c1ccc(Cl)cc1)=NC(CC(=O)NCCCCNCC(=O)NCc1scc3c1CN(C1CCC(=O)NC1=O)C3=O)c1nnc(C)n1-2. The number of unbranched alkanes of at least 4 members (excludes halogenated alkanes) is 1. The number of carbonyl (C=O) groups excluding carboxylic acids is 5. The molecule has 0 radical (unpaired) electrons. The van der Waals surface area contributed by atoms with Crippen molar-refractivity contribution in [2.24, 2.45) is 4.99 Å². The number of aromatic nitrogens is 3. The molecule has 54 heavy (non-hydrogen) atoms. The van der Waals surface area contributed by atoms with Crippen LogP contribution in [0.4, 0.5) is 0 Å². The van der Waals surface area contributed by atoms with Crippen LogP contribution in [0.5, 0.6) is 0 Å². The number of hydrogen-bond acceptors (Lipinski definition) is 11. The number of aliphatic imine (C=N–C) groups is 1. The molecule has 2 unspecified atom stereocenters. The van der Waals surface area contributed by atoms with Crippen LogP contribution < -0.4 is 21.3 Å². The average Bonchev–Trinajstić information content (AvgIpc) is 3.87. The molecule has 4 N–H and O–H groups in total. The van der Waals surface area contributed by atoms with Gasteiger partial charge in [-0.05, 0) is 69.8 Å². The van der Waals surface area contributed by atoms with Crippen molar-refractivity contribution in [2.45, 2.75) is 78.0 Å². The van der Waals surface area contributed by atoms with E-state index in [9.17, 15) is 24.0 Å². The van der Waals surface area contributed by atoms with Gasteiger partial charge in [0.15, 0.2) is 5.82 Å². The van der Waals surface area contributed by atoms with Crippen molar-refractivity contribution in [1.29, 1.82) is 0 Å². The van der Waals surface area contributed by atoms with Gasteiger partial charge < -0.3 is 20.9 Å². The van der Waals surface area contributed by atoms with Crippen LogP contribution in [0.15, 0.2) is 34.6 Å². The van der Waals surface area contributed by atoms with E-state index in [1.165, 1.54) is 21.1 Å². The minimum atomic E-state index is -0.673. The molecule has 5 amide bonds. The first-order chi connectivity index (χ1) is 26.0. The Balaban J connectivity index is 0.862. The highest BCUT2D eigenvalue weighted by Crippen LogP contribution is 2.40. The second-order valence-electron chi connectivity index (χ2n) is 13.6. The summed E-state index contributed by atoms with van der Waals surface area (Å²) in [6.45, 7) is 7.83. The number of hydrogen-bond donors (Lipinski definition) is 4. The smallest absolute Gasteiger partial charge is 0.256 e. The normalized spacial score (nSPS) is 17.7. The van der Waals surface area contributed by atoms with E-state index < -0.39 is 18.0 Å². The van der Waals surface area contributed by atoms with Crippen molar-refractivity contribution in [3.63, 3.8) is 0 Å². The van der Waals surface area contributed by atoms with Crippen LogP contribution >= 0.6 is 34.3 Å². The van der Waals surface area contributed by atoms with Crippen LogP contribution in [0.2, 0.25) is 5.02 Å². The average molecular weight is 790 g/mol. The zero-order valence-electron chi connectivity index (χ0n) is 30.1. The van der Waals surface area contributed by atoms with Gasteiger partial charge in [0.25, 0.3) is 5.91 Å². The van der Waals surface area contributed by atoms with Crippen molar-refractivity contribution in [2.75, 3.05) is 19.6 Å². The van der Waals surface area contributed by atoms with E-state index in [4.69, 9.17) is 16.6 Å². The zero-order valence-corrected chi connectivity index (χ0v) is 32.5. The number of carbonyl (C=O) groups is 5. The molecule has 0 bridgehead atoms. The summed E-state index contributed by atoms with van der Waals surface area (Å²) in [4.78, 5) is 71.4. The van der Waals surface area contributed by atoms with E-state index in [1.54, 1.807) is 16.7 Å². The second kappa shape index (κ2) is 15.9. The van der Waals surface area contributed by atoms with Crippen molar-refractivity contribution in [3.8, 4) is 5.00 Å². The van der Waals surface area contributed by atoms with Crippen molar-refractivity contribution >= 4 is 69.5 Å². The predicted octanol–water partition coefficient (Wildman–Crippen LogP) is 3.81. The lowest BCUT2D eigenvalue weighted by atomic mass is 9.99. The minimum Gasteiger partial charge on any atom is -0.356 e. The first-order valence-corrected chi connectivity index (χ1v) is 19.9. The molecule has 6 heterocycles. The van der Waals surface area contributed by atoms with Crippen LogP contribution in [-0.4, -0.2) is 80.6 Å². The lowest BCUT2D eigenvalue weighted by molar-refractivity contribution is -0.137. The highest BCUT2D eigenvalue weighted by atomic mass is 35.5. The third kappa shape index (κ3) is 7.60. The zero-order chi connectivity index (χ0) is 38.1. The Kier molecular flexibility index (Phi) is 11.1. The molecule has 0 spiro atoms. The number of rotatable bonds is 13. The molecule has 14 nitrogen and oxygen atoms in total. The first kappa shape index (κ1) is 37.5. The highest BCUT2D eigenvalue weighted by Gasteiger charge is 2.40. The molecule has 3 aliphatic heterocycles. The van der Waals surface area contributed by atoms with Crippen molar-refractivity contribution in [1.82, 2.24) is 40.9 Å². The summed E-state index contributed by atoms with van der Waals surface area (Å²) in [5.74, 6) is 0.0382. The molecule has 0 aliphatic carbocycles. The molecule has 2 atom stereocenters. The molecule has 1 aromatic carbocycles. The Hall–Kier alpha value is -4.77. The van der Waals surface area contributed by atoms with E-state index in [0.717, 1.165) is 50.1 Å². The topological polar surface area (TPSA) is 180 Å². The summed E-state index contributed by atoms with van der Waals surface area (Å²) in [5, 5.41) is 23.6. The number of benzene rings is 1. The standard InChI is InChI=1S/C37H40ClN9O5S2/c1-19-20(2)54-37-32(19)33(22-6-8-23(38)9-7-22)42-26(34-45-44-21(3)47(34)37)14-30(49)40-13-5-4-12-39-16-31(50)41-15-28-24-17-46(36(52)25(24)18-53-28)27-10-11-29(48)43-35(27)51/h6-9,18,26-27,39H,4-5,10-17H2,1-3H3,(H,40,49)(H,41,50)(H,43,48,51). The number of fused-ring (bicyclic) bond motifs is 4. The largest absolute Gasteiger partial charge is 0.356 e. The summed E-state index contributed by atoms with van der Waals surface area (Å²) >= 11 is 9.28. The van der Waals surface area contributed by atoms with Gasteiger partial charge in [0.1, 0.15) is 22.9 Å². The lowest BCUT2D eigenvalue weighted by Gasteiger charge is -2.29. The molecule has 0 saturated carbocycles. The van der Waals surface area contributed by atoms with E-state index in [1.807, 2.05) is 35.8 Å². The molecule has 17 heteroatoms. The first-order valence-electron chi connectivity index (χ1n) is 17.8. The molecule has 4 aromatic rings. The molecule has 282 valence electrons. The number of piperidine rings is 1. The summed E-state index contributed by atoms with van der Waals surface area (Å²) in [7, 11) is 0. The summed E-state index contributed by atoms with van der Waals surface area (Å²) < 4.78 is 2.03. The molecular formula is C37H40ClN9O5S2. The Bertz CT molecular complexity index is 2170. The number of imide groups is 1. The predicted molar refractivity (Wildman–Crippen MR) is 205 cm³/mol. The van der Waals surface area contributed by atoms with Gasteiger partial charge in [0.05, 0.1) is 30.8 Å². The molecule has 1 fully saturated rings. The Morgan fingerprint density at radius 1 is 1.02 bits per heavy atom. The third-order valence-electron chi connectivity index (χ3n) is 9.96. The fourth-order valence-corrected chi connectivity index (χ4v) is 9.29. The molecule has 3 aromatic heterocycles. The van der Waals surface area contributed by atoms with Crippen LogP contribution in [0.1, 0.15) is 92.2 Å². The lowest BCUT2D eigenvalue weighted by Crippen LogP contribution is -2.52. The van der Waals surface area contributed by atoms with Crippen molar-refractivity contribution < 1.29 is 24.0 Å². The number of amides is 5. The maximum absolute atomic E-state index is 13.2. The molecular weight excluding hydrogens is 750 g/mol. The number of thiophene rings is 2. The van der Waals surface area contributed by atoms with E-state index >= 15 is 0 Å². The highest BCUT2D eigenvalue weighted by molar-refractivity contribution is 7.15. The fraction of sp³-hybridized carbons (Fsp3) is 0.405. The Labute approximate surface area is 324 Å². The number of nitrogens with zero attached hydrogens (tertiary/aromatic N) is 5. The van der Waals surface area contributed by atoms with E-state index in [2.05, 4.69) is 45.3 Å². The Morgan fingerprint density at radius 2 is 1.80 bits per heavy atom. The monoisotopic (exact) mass is 789 g/mol. The number of aryl methyl sites for hydroxylation is 2. The number of halogens is 1. The second-order valence-corrected chi connectivity index (χ2v) is 16.2. The van der Waals surface area contributed by atoms with E-state index in [0.29, 0.717) is 42.3 Å². The number of nitrogens with one attached hydrogen (secondary N) is 4. The van der Waals surface area contributed by atoms with Gasteiger partial charge in [-0.15, -0.1) is 32.9 Å². The minimum absolute atomic E-state index is 0.108. The molecule has 3 aliphatic rings. The van der Waals surface area contributed by atoms with Crippen molar-refractivity contribution in [3.05, 3.63) is 83.9 Å². The van der Waals surface area contributed by atoms with Crippen LogP contribution in [0.3, 0.4) is 0 Å². The summed E-state index contributed by atoms with van der Waals surface area (Å²) in [5.41, 5.74) is 5.21. The van der Waals surface area contributed by atoms with Gasteiger partial charge in [0.2, 0.25) is 23.6 Å². The van der Waals surface area contributed by atoms with Gasteiger partial charge in [0, 0.05) is 50.8 Å². The van der Waals surface area contributed by atoms with Crippen LogP contribution in [0, 0.1) is 20.8 Å². The van der Waals surface area contributed by atoms with Gasteiger partial charge >= 0.3 is 0 Å². The van der Waals surface area contributed by atoms with Gasteiger partial charge in [-0.3, -0.25) is 38.8 Å². The maximum Gasteiger partial charge on any atom is 0.256 e. The summed E-state index contributed by atoms with van der Waals surface area (Å²) in [6.07, 6.45) is 2.07. The quantitative estimate of drug-likeness (QED) is 0.117. The van der Waals surface area contributed by atoms with Crippen LogP contribution in [0.25, 0.3) is 5.00 Å². The molecule has 7 rings (SSSR count). The van der Waals surface area contributed by atoms with Gasteiger partial charge in [-0.2, -0.15) is 0 Å².